The van der Waals surface area contributed by atoms with E-state index in [1.165, 1.54) is 0 Å². The van der Waals surface area contributed by atoms with Crippen molar-refractivity contribution in [1.82, 2.24) is 9.55 Å². The van der Waals surface area contributed by atoms with Crippen LogP contribution in [0, 0.1) is 6.92 Å². The average Bonchev–Trinajstić information content (AvgIpc) is 2.87. The van der Waals surface area contributed by atoms with Crippen LogP contribution >= 0.6 is 0 Å². The molecule has 0 aliphatic heterocycles. The molecule has 1 aromatic carbocycles. The summed E-state index contributed by atoms with van der Waals surface area (Å²) in [6.07, 6.45) is 1.59. The second-order valence-electron chi connectivity index (χ2n) is 5.49. The monoisotopic (exact) mass is 290 g/mol. The maximum Gasteiger partial charge on any atom is 0.215 e. The SMILES string of the molecule is CCn1c2c(c3ccccc31)C(=O)c1nccc(C)c1C2=O. The van der Waals surface area contributed by atoms with Gasteiger partial charge in [0.2, 0.25) is 11.6 Å². The summed E-state index contributed by atoms with van der Waals surface area (Å²) < 4.78 is 1.93. The van der Waals surface area contributed by atoms with Crippen LogP contribution in [0.5, 0.6) is 0 Å². The predicted molar refractivity (Wildman–Crippen MR) is 83.5 cm³/mol. The quantitative estimate of drug-likeness (QED) is 0.541. The number of ketones is 2. The van der Waals surface area contributed by atoms with Crippen molar-refractivity contribution in [2.24, 2.45) is 0 Å². The lowest BCUT2D eigenvalue weighted by Crippen LogP contribution is -2.25. The number of nitrogens with zero attached hydrogens (tertiary/aromatic N) is 2. The van der Waals surface area contributed by atoms with Crippen LogP contribution in [-0.4, -0.2) is 21.1 Å². The number of aryl methyl sites for hydroxylation is 2. The van der Waals surface area contributed by atoms with Crippen LogP contribution in [0.2, 0.25) is 0 Å². The number of carbonyl (C=O) groups excluding carboxylic acids is 2. The van der Waals surface area contributed by atoms with Gasteiger partial charge in [-0.25, -0.2) is 0 Å². The molecule has 0 saturated carbocycles. The second-order valence-corrected chi connectivity index (χ2v) is 5.49. The summed E-state index contributed by atoms with van der Waals surface area (Å²) in [6.45, 7) is 4.47. The highest BCUT2D eigenvalue weighted by Crippen LogP contribution is 2.35. The first-order chi connectivity index (χ1) is 10.6. The molecule has 0 atom stereocenters. The number of hydrogen-bond acceptors (Lipinski definition) is 3. The van der Waals surface area contributed by atoms with Crippen LogP contribution in [0.25, 0.3) is 10.9 Å². The van der Waals surface area contributed by atoms with Crippen LogP contribution in [-0.2, 0) is 6.54 Å². The molecule has 1 aliphatic rings. The van der Waals surface area contributed by atoms with E-state index in [4.69, 9.17) is 0 Å². The van der Waals surface area contributed by atoms with E-state index in [9.17, 15) is 9.59 Å². The van der Waals surface area contributed by atoms with E-state index in [1.807, 2.05) is 42.7 Å². The highest BCUT2D eigenvalue weighted by molar-refractivity contribution is 6.32. The summed E-state index contributed by atoms with van der Waals surface area (Å²) in [5.74, 6) is -0.259. The van der Waals surface area contributed by atoms with Gasteiger partial charge < -0.3 is 4.57 Å². The molecule has 1 aliphatic carbocycles. The van der Waals surface area contributed by atoms with E-state index in [0.717, 1.165) is 16.5 Å². The Bertz CT molecular complexity index is 967. The number of fused-ring (bicyclic) bond motifs is 4. The van der Waals surface area contributed by atoms with Gasteiger partial charge in [-0.1, -0.05) is 18.2 Å². The van der Waals surface area contributed by atoms with Gasteiger partial charge in [0.05, 0.1) is 11.1 Å². The van der Waals surface area contributed by atoms with Crippen LogP contribution in [0.15, 0.2) is 36.5 Å². The predicted octanol–water partition coefficient (Wildman–Crippen LogP) is 3.14. The molecule has 0 unspecified atom stereocenters. The second kappa shape index (κ2) is 4.37. The number of pyridine rings is 1. The molecule has 0 spiro atoms. The molecule has 22 heavy (non-hydrogen) atoms. The fourth-order valence-corrected chi connectivity index (χ4v) is 3.35. The van der Waals surface area contributed by atoms with Crippen molar-refractivity contribution in [3.05, 3.63) is 64.6 Å². The largest absolute Gasteiger partial charge is 0.337 e. The van der Waals surface area contributed by atoms with Crippen LogP contribution in [0.4, 0.5) is 0 Å². The minimum Gasteiger partial charge on any atom is -0.337 e. The Morgan fingerprint density at radius 3 is 2.59 bits per heavy atom. The first-order valence-corrected chi connectivity index (χ1v) is 7.31. The Balaban J connectivity index is 2.18. The lowest BCUT2D eigenvalue weighted by Gasteiger charge is -2.17. The van der Waals surface area contributed by atoms with Crippen molar-refractivity contribution in [2.45, 2.75) is 20.4 Å². The molecular weight excluding hydrogens is 276 g/mol. The van der Waals surface area contributed by atoms with E-state index < -0.39 is 0 Å². The molecule has 3 aromatic rings. The first-order valence-electron chi connectivity index (χ1n) is 7.31. The van der Waals surface area contributed by atoms with E-state index >= 15 is 0 Å². The maximum absolute atomic E-state index is 13.0. The molecule has 4 rings (SSSR count). The van der Waals surface area contributed by atoms with E-state index in [1.54, 1.807) is 12.3 Å². The van der Waals surface area contributed by atoms with E-state index in [-0.39, 0.29) is 17.3 Å². The highest BCUT2D eigenvalue weighted by Gasteiger charge is 2.36. The molecule has 108 valence electrons. The number of rotatable bonds is 1. The number of benzene rings is 1. The van der Waals surface area contributed by atoms with Crippen molar-refractivity contribution in [1.29, 1.82) is 0 Å². The van der Waals surface area contributed by atoms with Gasteiger partial charge in [-0.05, 0) is 31.5 Å². The van der Waals surface area contributed by atoms with E-state index in [2.05, 4.69) is 4.98 Å². The Kier molecular flexibility index (Phi) is 2.57. The van der Waals surface area contributed by atoms with Crippen molar-refractivity contribution in [3.63, 3.8) is 0 Å². The standard InChI is InChI=1S/C18H14N2O2/c1-3-20-12-7-5-4-6-11(12)14-16(20)18(22)13-10(2)8-9-19-15(13)17(14)21/h4-9H,3H2,1-2H3. The summed E-state index contributed by atoms with van der Waals surface area (Å²) in [6, 6.07) is 9.42. The van der Waals surface area contributed by atoms with Gasteiger partial charge >= 0.3 is 0 Å². The zero-order valence-corrected chi connectivity index (χ0v) is 12.4. The van der Waals surface area contributed by atoms with Gasteiger partial charge in [0.15, 0.2) is 0 Å². The van der Waals surface area contributed by atoms with Crippen LogP contribution in [0.1, 0.15) is 44.6 Å². The summed E-state index contributed by atoms with van der Waals surface area (Å²) in [5.41, 5.74) is 3.42. The van der Waals surface area contributed by atoms with Crippen molar-refractivity contribution >= 4 is 22.5 Å². The molecule has 4 heteroatoms. The fraction of sp³-hybridized carbons (Fsp3) is 0.167. The van der Waals surface area contributed by atoms with E-state index in [0.29, 0.717) is 23.4 Å². The fourth-order valence-electron chi connectivity index (χ4n) is 3.35. The summed E-state index contributed by atoms with van der Waals surface area (Å²) in [4.78, 5) is 30.1. The number of carbonyl (C=O) groups is 2. The molecule has 0 radical (unpaired) electrons. The number of para-hydroxylation sites is 1. The van der Waals surface area contributed by atoms with Gasteiger partial charge in [-0.3, -0.25) is 14.6 Å². The zero-order valence-electron chi connectivity index (χ0n) is 12.4. The molecule has 0 N–H and O–H groups in total. The third-order valence-corrected chi connectivity index (χ3v) is 4.33. The van der Waals surface area contributed by atoms with Crippen molar-refractivity contribution < 1.29 is 9.59 Å². The average molecular weight is 290 g/mol. The molecule has 2 heterocycles. The number of hydrogen-bond donors (Lipinski definition) is 0. The summed E-state index contributed by atoms with van der Waals surface area (Å²) >= 11 is 0. The van der Waals surface area contributed by atoms with Crippen LogP contribution < -0.4 is 0 Å². The third-order valence-electron chi connectivity index (χ3n) is 4.33. The molecule has 0 saturated heterocycles. The smallest absolute Gasteiger partial charge is 0.215 e. The maximum atomic E-state index is 13.0. The van der Waals surface area contributed by atoms with Crippen molar-refractivity contribution in [3.8, 4) is 0 Å². The Hall–Kier alpha value is -2.75. The Morgan fingerprint density at radius 1 is 1.05 bits per heavy atom. The molecular formula is C18H14N2O2. The van der Waals surface area contributed by atoms with Gasteiger partial charge in [0.1, 0.15) is 11.4 Å². The number of aromatic nitrogens is 2. The van der Waals surface area contributed by atoms with Gasteiger partial charge in [0.25, 0.3) is 0 Å². The molecule has 0 amide bonds. The highest BCUT2D eigenvalue weighted by atomic mass is 16.1. The third kappa shape index (κ3) is 1.44. The lowest BCUT2D eigenvalue weighted by molar-refractivity contribution is 0.0970. The van der Waals surface area contributed by atoms with Gasteiger partial charge in [-0.15, -0.1) is 0 Å². The first kappa shape index (κ1) is 13.0. The van der Waals surface area contributed by atoms with Gasteiger partial charge in [-0.2, -0.15) is 0 Å². The van der Waals surface area contributed by atoms with Gasteiger partial charge in [0, 0.05) is 23.6 Å². The molecule has 0 bridgehead atoms. The zero-order chi connectivity index (χ0) is 15.4. The minimum atomic E-state index is -0.156. The summed E-state index contributed by atoms with van der Waals surface area (Å²) in [5, 5.41) is 0.826. The lowest BCUT2D eigenvalue weighted by atomic mass is 9.88. The summed E-state index contributed by atoms with van der Waals surface area (Å²) in [7, 11) is 0. The Labute approximate surface area is 127 Å². The normalized spacial score (nSPS) is 13.4. The van der Waals surface area contributed by atoms with Crippen molar-refractivity contribution in [2.75, 3.05) is 0 Å². The minimum absolute atomic E-state index is 0.103. The Morgan fingerprint density at radius 2 is 1.82 bits per heavy atom. The molecule has 0 fully saturated rings. The molecule has 4 nitrogen and oxygen atoms in total. The molecule has 2 aromatic heterocycles. The van der Waals surface area contributed by atoms with Crippen LogP contribution in [0.3, 0.4) is 0 Å². The topological polar surface area (TPSA) is 52.0 Å².